The molecule has 0 radical (unpaired) electrons. The molecular weight excluding hydrogens is 358 g/mol. The third kappa shape index (κ3) is 3.49. The number of anilines is 1. The number of thioether (sulfide) groups is 1. The quantitative estimate of drug-likeness (QED) is 0.753. The van der Waals surface area contributed by atoms with Crippen molar-refractivity contribution in [2.75, 3.05) is 23.9 Å². The van der Waals surface area contributed by atoms with Crippen molar-refractivity contribution >= 4 is 46.2 Å². The van der Waals surface area contributed by atoms with Crippen molar-refractivity contribution in [3.05, 3.63) is 51.6 Å². The Morgan fingerprint density at radius 2 is 1.92 bits per heavy atom. The smallest absolute Gasteiger partial charge is 0.272 e. The van der Waals surface area contributed by atoms with Crippen LogP contribution in [0.3, 0.4) is 0 Å². The van der Waals surface area contributed by atoms with Crippen LogP contribution in [0.15, 0.2) is 46.7 Å². The van der Waals surface area contributed by atoms with Crippen LogP contribution in [0.1, 0.15) is 11.8 Å². The number of aliphatic hydroxyl groups excluding tert-OH is 1. The molecule has 25 heavy (non-hydrogen) atoms. The average molecular weight is 375 g/mol. The first-order chi connectivity index (χ1) is 12.2. The van der Waals surface area contributed by atoms with Crippen molar-refractivity contribution in [2.45, 2.75) is 6.92 Å². The minimum absolute atomic E-state index is 0.0591. The minimum atomic E-state index is -0.351. The summed E-state index contributed by atoms with van der Waals surface area (Å²) >= 11 is 2.63. The zero-order valence-corrected chi connectivity index (χ0v) is 15.2. The van der Waals surface area contributed by atoms with Crippen LogP contribution in [0, 0.1) is 0 Å². The van der Waals surface area contributed by atoms with Gasteiger partial charge in [0.25, 0.3) is 11.8 Å². The van der Waals surface area contributed by atoms with E-state index >= 15 is 0 Å². The molecule has 130 valence electrons. The maximum absolute atomic E-state index is 12.9. The number of benzene rings is 1. The van der Waals surface area contributed by atoms with Crippen molar-refractivity contribution < 1.29 is 19.4 Å². The number of hydrogen-bond donors (Lipinski definition) is 1. The highest BCUT2D eigenvalue weighted by atomic mass is 32.2. The first kappa shape index (κ1) is 17.7. The zero-order valence-electron chi connectivity index (χ0n) is 13.6. The van der Waals surface area contributed by atoms with Crippen LogP contribution in [-0.2, 0) is 9.59 Å². The van der Waals surface area contributed by atoms with Crippen LogP contribution in [0.5, 0.6) is 5.75 Å². The van der Waals surface area contributed by atoms with Crippen molar-refractivity contribution in [3.63, 3.8) is 0 Å². The molecule has 0 aliphatic carbocycles. The lowest BCUT2D eigenvalue weighted by Crippen LogP contribution is -2.31. The van der Waals surface area contributed by atoms with Gasteiger partial charge < -0.3 is 9.84 Å². The van der Waals surface area contributed by atoms with E-state index in [0.717, 1.165) is 4.88 Å². The molecule has 0 fully saturated rings. The Bertz CT molecular complexity index is 797. The molecule has 1 aromatic carbocycles. The molecule has 5 nitrogen and oxygen atoms in total. The largest absolute Gasteiger partial charge is 0.494 e. The van der Waals surface area contributed by atoms with Crippen LogP contribution in [0.2, 0.25) is 0 Å². The van der Waals surface area contributed by atoms with Gasteiger partial charge in [-0.15, -0.1) is 23.1 Å². The summed E-state index contributed by atoms with van der Waals surface area (Å²) in [4.78, 5) is 28.1. The fraction of sp³-hybridized carbons (Fsp3) is 0.222. The zero-order chi connectivity index (χ0) is 17.8. The summed E-state index contributed by atoms with van der Waals surface area (Å²) in [5, 5.41) is 11.0. The van der Waals surface area contributed by atoms with E-state index in [1.54, 1.807) is 24.3 Å². The topological polar surface area (TPSA) is 66.8 Å². The Morgan fingerprint density at radius 3 is 2.52 bits per heavy atom. The van der Waals surface area contributed by atoms with Crippen LogP contribution < -0.4 is 9.64 Å². The van der Waals surface area contributed by atoms with E-state index in [1.807, 2.05) is 24.4 Å². The minimum Gasteiger partial charge on any atom is -0.494 e. The van der Waals surface area contributed by atoms with Gasteiger partial charge in [0.05, 0.1) is 29.4 Å². The molecule has 1 N–H and O–H groups in total. The molecule has 0 saturated heterocycles. The summed E-state index contributed by atoms with van der Waals surface area (Å²) in [5.41, 5.74) is 0.916. The van der Waals surface area contributed by atoms with E-state index in [1.165, 1.54) is 28.0 Å². The Morgan fingerprint density at radius 1 is 1.16 bits per heavy atom. The van der Waals surface area contributed by atoms with Crippen molar-refractivity contribution in [1.82, 2.24) is 0 Å². The first-order valence-corrected chi connectivity index (χ1v) is 9.67. The molecule has 2 amide bonds. The Labute approximate surface area is 153 Å². The van der Waals surface area contributed by atoms with Crippen LogP contribution in [0.4, 0.5) is 5.69 Å². The second-order valence-electron chi connectivity index (χ2n) is 5.13. The molecule has 1 aliphatic heterocycles. The summed E-state index contributed by atoms with van der Waals surface area (Å²) < 4.78 is 5.40. The van der Waals surface area contributed by atoms with Gasteiger partial charge in [0.1, 0.15) is 5.75 Å². The van der Waals surface area contributed by atoms with E-state index in [2.05, 4.69) is 0 Å². The Kier molecular flexibility index (Phi) is 5.57. The molecule has 0 unspecified atom stereocenters. The molecule has 1 aliphatic rings. The molecule has 0 spiro atoms. The van der Waals surface area contributed by atoms with E-state index in [9.17, 15) is 9.59 Å². The molecule has 0 bridgehead atoms. The predicted molar refractivity (Wildman–Crippen MR) is 101 cm³/mol. The van der Waals surface area contributed by atoms with Gasteiger partial charge in [-0.1, -0.05) is 6.07 Å². The highest BCUT2D eigenvalue weighted by molar-refractivity contribution is 8.04. The number of amides is 2. The lowest BCUT2D eigenvalue weighted by molar-refractivity contribution is -0.119. The highest BCUT2D eigenvalue weighted by Crippen LogP contribution is 2.39. The van der Waals surface area contributed by atoms with Crippen molar-refractivity contribution in [2.24, 2.45) is 0 Å². The molecule has 2 aromatic rings. The van der Waals surface area contributed by atoms with Crippen LogP contribution in [-0.4, -0.2) is 35.9 Å². The summed E-state index contributed by atoms with van der Waals surface area (Å²) in [5.74, 6) is 0.361. The van der Waals surface area contributed by atoms with Crippen LogP contribution in [0.25, 0.3) is 5.57 Å². The Hall–Kier alpha value is -2.09. The summed E-state index contributed by atoms with van der Waals surface area (Å²) in [7, 11) is 0. The van der Waals surface area contributed by atoms with Crippen molar-refractivity contribution in [1.29, 1.82) is 0 Å². The molecule has 3 rings (SSSR count). The number of carbonyl (C=O) groups excluding carboxylic acids is 2. The fourth-order valence-electron chi connectivity index (χ4n) is 2.52. The summed E-state index contributed by atoms with van der Waals surface area (Å²) in [6.45, 7) is 2.38. The fourth-order valence-corrected chi connectivity index (χ4v) is 4.21. The van der Waals surface area contributed by atoms with Gasteiger partial charge >= 0.3 is 0 Å². The number of carbonyl (C=O) groups is 2. The predicted octanol–water partition coefficient (Wildman–Crippen LogP) is 3.16. The van der Waals surface area contributed by atoms with E-state index in [-0.39, 0.29) is 18.4 Å². The van der Waals surface area contributed by atoms with E-state index in [0.29, 0.717) is 34.3 Å². The van der Waals surface area contributed by atoms with E-state index in [4.69, 9.17) is 9.84 Å². The molecule has 0 atom stereocenters. The van der Waals surface area contributed by atoms with Gasteiger partial charge in [-0.3, -0.25) is 9.59 Å². The van der Waals surface area contributed by atoms with Gasteiger partial charge in [0.2, 0.25) is 0 Å². The molecule has 2 heterocycles. The lowest BCUT2D eigenvalue weighted by Gasteiger charge is -2.15. The maximum atomic E-state index is 12.9. The molecule has 7 heteroatoms. The van der Waals surface area contributed by atoms with Gasteiger partial charge in [-0.2, -0.15) is 0 Å². The van der Waals surface area contributed by atoms with Gasteiger partial charge in [0.15, 0.2) is 0 Å². The Balaban J connectivity index is 1.96. The number of ether oxygens (including phenoxy) is 1. The lowest BCUT2D eigenvalue weighted by atomic mass is 10.2. The number of hydrogen-bond acceptors (Lipinski definition) is 6. The van der Waals surface area contributed by atoms with Crippen LogP contribution >= 0.6 is 23.1 Å². The highest BCUT2D eigenvalue weighted by Gasteiger charge is 2.40. The molecule has 1 aromatic heterocycles. The number of aliphatic hydroxyl groups is 1. The number of thiophene rings is 1. The number of rotatable bonds is 7. The third-order valence-electron chi connectivity index (χ3n) is 3.55. The normalized spacial score (nSPS) is 14.6. The van der Waals surface area contributed by atoms with Crippen molar-refractivity contribution in [3.8, 4) is 5.75 Å². The maximum Gasteiger partial charge on any atom is 0.272 e. The second-order valence-corrected chi connectivity index (χ2v) is 7.18. The summed E-state index contributed by atoms with van der Waals surface area (Å²) in [6.07, 6.45) is 0. The average Bonchev–Trinajstić information content (AvgIpc) is 3.21. The third-order valence-corrected chi connectivity index (χ3v) is 5.49. The van der Waals surface area contributed by atoms with Gasteiger partial charge in [0, 0.05) is 10.6 Å². The monoisotopic (exact) mass is 375 g/mol. The SMILES string of the molecule is CCOc1ccc(N2C(=O)C(SCCO)=C(c3cccs3)C2=O)cc1. The molecular formula is C18H17NO4S2. The number of nitrogens with zero attached hydrogens (tertiary/aromatic N) is 1. The molecule has 0 saturated carbocycles. The van der Waals surface area contributed by atoms with E-state index < -0.39 is 0 Å². The number of imide groups is 1. The first-order valence-electron chi connectivity index (χ1n) is 7.80. The van der Waals surface area contributed by atoms with Gasteiger partial charge in [-0.25, -0.2) is 4.90 Å². The second kappa shape index (κ2) is 7.86. The summed E-state index contributed by atoms with van der Waals surface area (Å²) in [6, 6.07) is 10.6. The standard InChI is InChI=1S/C18H17NO4S2/c1-2-23-13-7-5-12(6-8-13)19-17(21)15(14-4-3-10-24-14)16(18(19)22)25-11-9-20/h3-8,10,20H,2,9,11H2,1H3. The van der Waals surface area contributed by atoms with Gasteiger partial charge in [-0.05, 0) is 42.6 Å².